The van der Waals surface area contributed by atoms with E-state index in [1.807, 2.05) is 18.0 Å². The molecule has 26 heavy (non-hydrogen) atoms. The highest BCUT2D eigenvalue weighted by Gasteiger charge is 2.18. The molecular weight excluding hydrogens is 334 g/mol. The zero-order valence-electron chi connectivity index (χ0n) is 14.1. The summed E-state index contributed by atoms with van der Waals surface area (Å²) in [4.78, 5) is 38.6. The molecule has 0 spiro atoms. The number of hydrogen-bond donors (Lipinski definition) is 2. The fourth-order valence-electron chi connectivity index (χ4n) is 2.97. The summed E-state index contributed by atoms with van der Waals surface area (Å²) < 4.78 is 1.78. The first-order valence-corrected chi connectivity index (χ1v) is 8.16. The number of aryl methyl sites for hydroxylation is 1. The van der Waals surface area contributed by atoms with E-state index in [4.69, 9.17) is 0 Å². The highest BCUT2D eigenvalue weighted by Crippen LogP contribution is 2.19. The Hall–Kier alpha value is -3.49. The first-order chi connectivity index (χ1) is 12.6. The Bertz CT molecular complexity index is 980. The highest BCUT2D eigenvalue weighted by molar-refractivity contribution is 6.10. The van der Waals surface area contributed by atoms with E-state index >= 15 is 0 Å². The molecule has 0 atom stereocenters. The minimum Gasteiger partial charge on any atom is -0.359 e. The van der Waals surface area contributed by atoms with Crippen molar-refractivity contribution in [2.45, 2.75) is 0 Å². The first-order valence-electron chi connectivity index (χ1n) is 8.16. The van der Waals surface area contributed by atoms with Gasteiger partial charge in [0.1, 0.15) is 11.3 Å². The molecule has 4 rings (SSSR count). The van der Waals surface area contributed by atoms with Crippen LogP contribution in [0.2, 0.25) is 0 Å². The van der Waals surface area contributed by atoms with Crippen LogP contribution in [0.5, 0.6) is 0 Å². The molecule has 3 aromatic rings. The second-order valence-electron chi connectivity index (χ2n) is 6.04. The molecule has 0 unspecified atom stereocenters. The van der Waals surface area contributed by atoms with Gasteiger partial charge in [-0.25, -0.2) is 9.97 Å². The lowest BCUT2D eigenvalue weighted by atomic mass is 10.2. The summed E-state index contributed by atoms with van der Waals surface area (Å²) in [6.07, 6.45) is 6.43. The minimum absolute atomic E-state index is 0.00889. The highest BCUT2D eigenvalue weighted by atomic mass is 16.2. The van der Waals surface area contributed by atoms with Gasteiger partial charge in [0.25, 0.3) is 5.91 Å². The summed E-state index contributed by atoms with van der Waals surface area (Å²) in [5.41, 5.74) is 2.65. The smallest absolute Gasteiger partial charge is 0.260 e. The maximum absolute atomic E-state index is 12.6. The van der Waals surface area contributed by atoms with Gasteiger partial charge in [-0.15, -0.1) is 0 Å². The van der Waals surface area contributed by atoms with E-state index in [0.29, 0.717) is 35.5 Å². The number of pyridine rings is 2. The number of fused-ring (bicyclic) bond motifs is 1. The SMILES string of the molecule is Cn1cnc2cncc(C(=O)Nc3ccc(N4CCNC(=O)C4)cn3)c21. The van der Waals surface area contributed by atoms with Gasteiger partial charge >= 0.3 is 0 Å². The van der Waals surface area contributed by atoms with Crippen LogP contribution in [-0.2, 0) is 11.8 Å². The molecule has 9 nitrogen and oxygen atoms in total. The molecule has 0 aromatic carbocycles. The summed E-state index contributed by atoms with van der Waals surface area (Å²) in [7, 11) is 1.83. The molecule has 4 heterocycles. The fourth-order valence-corrected chi connectivity index (χ4v) is 2.97. The molecule has 1 aliphatic rings. The predicted octanol–water partition coefficient (Wildman–Crippen LogP) is 0.552. The third kappa shape index (κ3) is 2.94. The van der Waals surface area contributed by atoms with Crippen molar-refractivity contribution in [1.29, 1.82) is 0 Å². The lowest BCUT2D eigenvalue weighted by Gasteiger charge is -2.28. The van der Waals surface area contributed by atoms with Gasteiger partial charge in [0.15, 0.2) is 0 Å². The van der Waals surface area contributed by atoms with Crippen LogP contribution < -0.4 is 15.5 Å². The van der Waals surface area contributed by atoms with Crippen molar-refractivity contribution in [1.82, 2.24) is 24.8 Å². The zero-order chi connectivity index (χ0) is 18.1. The third-order valence-corrected chi connectivity index (χ3v) is 4.26. The number of nitrogens with one attached hydrogen (secondary N) is 2. The van der Waals surface area contributed by atoms with E-state index in [1.165, 1.54) is 6.20 Å². The normalized spacial score (nSPS) is 14.3. The van der Waals surface area contributed by atoms with Gasteiger partial charge in [-0.3, -0.25) is 14.6 Å². The molecule has 0 radical (unpaired) electrons. The molecule has 132 valence electrons. The molecule has 0 bridgehead atoms. The van der Waals surface area contributed by atoms with Crippen molar-refractivity contribution in [2.75, 3.05) is 29.9 Å². The van der Waals surface area contributed by atoms with Crippen LogP contribution in [0.3, 0.4) is 0 Å². The Morgan fingerprint density at radius 1 is 1.23 bits per heavy atom. The average molecular weight is 351 g/mol. The number of hydrogen-bond acceptors (Lipinski definition) is 6. The lowest BCUT2D eigenvalue weighted by molar-refractivity contribution is -0.120. The average Bonchev–Trinajstić information content (AvgIpc) is 3.04. The lowest BCUT2D eigenvalue weighted by Crippen LogP contribution is -2.47. The quantitative estimate of drug-likeness (QED) is 0.714. The third-order valence-electron chi connectivity index (χ3n) is 4.26. The van der Waals surface area contributed by atoms with Crippen LogP contribution in [0, 0.1) is 0 Å². The van der Waals surface area contributed by atoms with Crippen molar-refractivity contribution < 1.29 is 9.59 Å². The Morgan fingerprint density at radius 2 is 2.12 bits per heavy atom. The number of imidazole rings is 1. The van der Waals surface area contributed by atoms with Gasteiger partial charge in [0, 0.05) is 26.3 Å². The number of carbonyl (C=O) groups is 2. The van der Waals surface area contributed by atoms with Gasteiger partial charge in [-0.05, 0) is 12.1 Å². The largest absolute Gasteiger partial charge is 0.359 e. The van der Waals surface area contributed by atoms with Crippen molar-refractivity contribution in [3.8, 4) is 0 Å². The Balaban J connectivity index is 1.52. The van der Waals surface area contributed by atoms with Gasteiger partial charge < -0.3 is 20.1 Å². The van der Waals surface area contributed by atoms with Crippen LogP contribution in [0.15, 0.2) is 37.1 Å². The van der Waals surface area contributed by atoms with Crippen LogP contribution in [0.4, 0.5) is 11.5 Å². The van der Waals surface area contributed by atoms with Crippen molar-refractivity contribution in [3.05, 3.63) is 42.6 Å². The van der Waals surface area contributed by atoms with Gasteiger partial charge in [-0.1, -0.05) is 0 Å². The molecule has 2 N–H and O–H groups in total. The number of piperazine rings is 1. The Morgan fingerprint density at radius 3 is 2.88 bits per heavy atom. The molecule has 9 heteroatoms. The van der Waals surface area contributed by atoms with Crippen molar-refractivity contribution >= 4 is 34.4 Å². The summed E-state index contributed by atoms with van der Waals surface area (Å²) in [6.45, 7) is 1.65. The van der Waals surface area contributed by atoms with Gasteiger partial charge in [0.2, 0.25) is 5.91 Å². The molecule has 3 aromatic heterocycles. The molecular formula is C17H17N7O2. The number of aromatic nitrogens is 4. The summed E-state index contributed by atoms with van der Waals surface area (Å²) in [5.74, 6) is 0.120. The number of anilines is 2. The van der Waals surface area contributed by atoms with Gasteiger partial charge in [-0.2, -0.15) is 0 Å². The van der Waals surface area contributed by atoms with Crippen molar-refractivity contribution in [2.24, 2.45) is 7.05 Å². The number of rotatable bonds is 3. The number of amides is 2. The Labute approximate surface area is 149 Å². The fraction of sp³-hybridized carbons (Fsp3) is 0.235. The molecule has 1 fully saturated rings. The van der Waals surface area contributed by atoms with E-state index < -0.39 is 0 Å². The van der Waals surface area contributed by atoms with Crippen molar-refractivity contribution in [3.63, 3.8) is 0 Å². The standard InChI is InChI=1S/C17H17N7O2/c1-23-10-21-13-8-18-7-12(16(13)23)17(26)22-14-3-2-11(6-20-14)24-5-4-19-15(25)9-24/h2-3,6-8,10H,4-5,9H2,1H3,(H,19,25)(H,20,22,26). The Kier molecular flexibility index (Phi) is 3.96. The van der Waals surface area contributed by atoms with E-state index in [1.54, 1.807) is 29.4 Å². The van der Waals surface area contributed by atoms with Crippen LogP contribution in [0.25, 0.3) is 11.0 Å². The van der Waals surface area contributed by atoms with E-state index in [0.717, 1.165) is 12.2 Å². The number of nitrogens with zero attached hydrogens (tertiary/aromatic N) is 5. The maximum Gasteiger partial charge on any atom is 0.260 e. The van der Waals surface area contributed by atoms with E-state index in [-0.39, 0.29) is 11.8 Å². The van der Waals surface area contributed by atoms with Crippen LogP contribution >= 0.6 is 0 Å². The van der Waals surface area contributed by atoms with Gasteiger partial charge in [0.05, 0.1) is 42.0 Å². The molecule has 2 amide bonds. The number of carbonyl (C=O) groups excluding carboxylic acids is 2. The molecule has 0 saturated carbocycles. The zero-order valence-corrected chi connectivity index (χ0v) is 14.1. The molecule has 1 saturated heterocycles. The topological polar surface area (TPSA) is 105 Å². The second kappa shape index (κ2) is 6.43. The maximum atomic E-state index is 12.6. The van der Waals surface area contributed by atoms with E-state index in [2.05, 4.69) is 25.6 Å². The monoisotopic (exact) mass is 351 g/mol. The second-order valence-corrected chi connectivity index (χ2v) is 6.04. The predicted molar refractivity (Wildman–Crippen MR) is 95.9 cm³/mol. The minimum atomic E-state index is -0.302. The molecule has 0 aliphatic carbocycles. The summed E-state index contributed by atoms with van der Waals surface area (Å²) >= 11 is 0. The van der Waals surface area contributed by atoms with E-state index in [9.17, 15) is 9.59 Å². The van der Waals surface area contributed by atoms with Crippen LogP contribution in [-0.4, -0.2) is 51.0 Å². The summed E-state index contributed by atoms with van der Waals surface area (Å²) in [6, 6.07) is 3.56. The first kappa shape index (κ1) is 16.0. The van der Waals surface area contributed by atoms with Crippen LogP contribution in [0.1, 0.15) is 10.4 Å². The molecule has 1 aliphatic heterocycles. The summed E-state index contributed by atoms with van der Waals surface area (Å²) in [5, 5.41) is 5.56.